The molecular weight excluding hydrogens is 361 g/mol. The number of amides is 4. The van der Waals surface area contributed by atoms with E-state index in [2.05, 4.69) is 10.6 Å². The summed E-state index contributed by atoms with van der Waals surface area (Å²) in [6.07, 6.45) is 0. The van der Waals surface area contributed by atoms with Crippen LogP contribution in [0.15, 0.2) is 42.5 Å². The Morgan fingerprint density at radius 1 is 1.23 bits per heavy atom. The van der Waals surface area contributed by atoms with Crippen molar-refractivity contribution in [1.29, 1.82) is 0 Å². The second-order valence-electron chi connectivity index (χ2n) is 5.84. The van der Waals surface area contributed by atoms with Crippen molar-refractivity contribution in [1.82, 2.24) is 5.32 Å². The topological polar surface area (TPSA) is 78.5 Å². The molecule has 8 heteroatoms. The lowest BCUT2D eigenvalue weighted by atomic mass is 10.0. The fraction of sp³-hybridized carbons (Fsp3) is 0.167. The number of benzene rings is 2. The maximum atomic E-state index is 13.6. The predicted molar refractivity (Wildman–Crippen MR) is 95.6 cm³/mol. The van der Waals surface area contributed by atoms with Gasteiger partial charge in [-0.25, -0.2) is 14.1 Å². The van der Waals surface area contributed by atoms with Crippen molar-refractivity contribution < 1.29 is 18.8 Å². The summed E-state index contributed by atoms with van der Waals surface area (Å²) in [6.45, 7) is 1.47. The molecule has 0 radical (unpaired) electrons. The van der Waals surface area contributed by atoms with Crippen molar-refractivity contribution >= 4 is 40.8 Å². The van der Waals surface area contributed by atoms with Crippen LogP contribution < -0.4 is 15.5 Å². The van der Waals surface area contributed by atoms with Crippen molar-refractivity contribution in [3.63, 3.8) is 0 Å². The van der Waals surface area contributed by atoms with Crippen LogP contribution in [-0.2, 0) is 9.59 Å². The highest BCUT2D eigenvalue weighted by molar-refractivity contribution is 6.30. The molecular formula is C18H15ClFN3O3. The minimum Gasteiger partial charge on any atom is -0.336 e. The van der Waals surface area contributed by atoms with Crippen molar-refractivity contribution in [2.45, 2.75) is 6.92 Å². The molecule has 0 spiro atoms. The fourth-order valence-corrected chi connectivity index (χ4v) is 2.68. The Hall–Kier alpha value is -2.93. The van der Waals surface area contributed by atoms with Gasteiger partial charge in [0.1, 0.15) is 11.7 Å². The Labute approximate surface area is 153 Å². The minimum atomic E-state index is -1.13. The van der Waals surface area contributed by atoms with Gasteiger partial charge in [0.25, 0.3) is 0 Å². The Balaban J connectivity index is 1.80. The summed E-state index contributed by atoms with van der Waals surface area (Å²) in [6, 6.07) is 9.71. The minimum absolute atomic E-state index is 0.137. The first-order chi connectivity index (χ1) is 12.4. The number of imide groups is 1. The maximum absolute atomic E-state index is 13.6. The van der Waals surface area contributed by atoms with Gasteiger partial charge in [-0.3, -0.25) is 9.59 Å². The summed E-state index contributed by atoms with van der Waals surface area (Å²) in [4.78, 5) is 38.1. The van der Waals surface area contributed by atoms with E-state index in [9.17, 15) is 18.8 Å². The molecule has 0 aliphatic carbocycles. The number of nitrogens with zero attached hydrogens (tertiary/aromatic N) is 1. The zero-order valence-electron chi connectivity index (χ0n) is 13.8. The highest BCUT2D eigenvalue weighted by Crippen LogP contribution is 2.23. The summed E-state index contributed by atoms with van der Waals surface area (Å²) < 4.78 is 13.6. The third kappa shape index (κ3) is 3.52. The standard InChI is InChI=1S/C18H15ClFN3O3/c1-10-2-5-12(8-15(10)20)22-16(24)14-9-21-18(26)23(17(14)25)13-6-3-11(19)4-7-13/h2-8,14H,9H2,1H3,(H,21,26)(H,22,24). The summed E-state index contributed by atoms with van der Waals surface area (Å²) >= 11 is 5.82. The van der Waals surface area contributed by atoms with Crippen LogP contribution in [-0.4, -0.2) is 24.4 Å². The van der Waals surface area contributed by atoms with E-state index >= 15 is 0 Å². The zero-order valence-corrected chi connectivity index (χ0v) is 14.5. The molecule has 4 amide bonds. The van der Waals surface area contributed by atoms with Gasteiger partial charge in [-0.05, 0) is 48.9 Å². The van der Waals surface area contributed by atoms with Gasteiger partial charge in [-0.1, -0.05) is 17.7 Å². The number of halogens is 2. The molecule has 2 aromatic carbocycles. The summed E-state index contributed by atoms with van der Waals surface area (Å²) in [5, 5.41) is 5.47. The number of carbonyl (C=O) groups is 3. The summed E-state index contributed by atoms with van der Waals surface area (Å²) in [5.41, 5.74) is 0.981. The lowest BCUT2D eigenvalue weighted by Crippen LogP contribution is -2.58. The monoisotopic (exact) mass is 375 g/mol. The van der Waals surface area contributed by atoms with Gasteiger partial charge >= 0.3 is 6.03 Å². The largest absolute Gasteiger partial charge is 0.336 e. The van der Waals surface area contributed by atoms with Gasteiger partial charge in [0.15, 0.2) is 0 Å². The third-order valence-corrected chi connectivity index (χ3v) is 4.27. The zero-order chi connectivity index (χ0) is 18.8. The van der Waals surface area contributed by atoms with Crippen molar-refractivity contribution in [3.05, 3.63) is 58.9 Å². The lowest BCUT2D eigenvalue weighted by Gasteiger charge is -2.30. The van der Waals surface area contributed by atoms with E-state index in [1.807, 2.05) is 0 Å². The number of rotatable bonds is 3. The Bertz CT molecular complexity index is 886. The number of nitrogens with one attached hydrogen (secondary N) is 2. The summed E-state index contributed by atoms with van der Waals surface area (Å²) in [7, 11) is 0. The van der Waals surface area contributed by atoms with Crippen LogP contribution in [0.5, 0.6) is 0 Å². The molecule has 1 aliphatic heterocycles. The number of anilines is 2. The quantitative estimate of drug-likeness (QED) is 0.809. The second kappa shape index (κ2) is 7.13. The SMILES string of the molecule is Cc1ccc(NC(=O)C2CNC(=O)N(c3ccc(Cl)cc3)C2=O)cc1F. The highest BCUT2D eigenvalue weighted by Gasteiger charge is 2.39. The van der Waals surface area contributed by atoms with Crippen molar-refractivity contribution in [2.24, 2.45) is 5.92 Å². The number of hydrogen-bond acceptors (Lipinski definition) is 3. The molecule has 26 heavy (non-hydrogen) atoms. The molecule has 1 aliphatic rings. The smallest absolute Gasteiger partial charge is 0.328 e. The first-order valence-electron chi connectivity index (χ1n) is 7.81. The average Bonchev–Trinajstić information content (AvgIpc) is 2.60. The third-order valence-electron chi connectivity index (χ3n) is 4.02. The number of urea groups is 1. The first kappa shape index (κ1) is 17.9. The number of hydrogen-bond donors (Lipinski definition) is 2. The second-order valence-corrected chi connectivity index (χ2v) is 6.28. The first-order valence-corrected chi connectivity index (χ1v) is 8.19. The normalized spacial score (nSPS) is 17.0. The van der Waals surface area contributed by atoms with E-state index in [0.717, 1.165) is 4.90 Å². The van der Waals surface area contributed by atoms with Crippen LogP contribution in [0.1, 0.15) is 5.56 Å². The molecule has 134 valence electrons. The average molecular weight is 376 g/mol. The van der Waals surface area contributed by atoms with E-state index < -0.39 is 29.6 Å². The van der Waals surface area contributed by atoms with Crippen LogP contribution in [0.4, 0.5) is 20.6 Å². The molecule has 2 N–H and O–H groups in total. The van der Waals surface area contributed by atoms with Crippen LogP contribution in [0, 0.1) is 18.7 Å². The van der Waals surface area contributed by atoms with Gasteiger partial charge in [0.2, 0.25) is 11.8 Å². The molecule has 0 bridgehead atoms. The van der Waals surface area contributed by atoms with E-state index in [-0.39, 0.29) is 12.2 Å². The van der Waals surface area contributed by atoms with Gasteiger partial charge in [0, 0.05) is 17.3 Å². The highest BCUT2D eigenvalue weighted by atomic mass is 35.5. The Kier molecular flexibility index (Phi) is 4.90. The van der Waals surface area contributed by atoms with Crippen LogP contribution in [0.3, 0.4) is 0 Å². The molecule has 1 fully saturated rings. The fourth-order valence-electron chi connectivity index (χ4n) is 2.55. The van der Waals surface area contributed by atoms with Crippen LogP contribution >= 0.6 is 11.6 Å². The maximum Gasteiger partial charge on any atom is 0.328 e. The van der Waals surface area contributed by atoms with Gasteiger partial charge in [-0.2, -0.15) is 0 Å². The summed E-state index contributed by atoms with van der Waals surface area (Å²) in [5.74, 6) is -2.89. The molecule has 3 rings (SSSR count). The van der Waals surface area contributed by atoms with E-state index in [4.69, 9.17) is 11.6 Å². The molecule has 6 nitrogen and oxygen atoms in total. The predicted octanol–water partition coefficient (Wildman–Crippen LogP) is 3.10. The molecule has 0 saturated carbocycles. The van der Waals surface area contributed by atoms with E-state index in [1.54, 1.807) is 13.0 Å². The Morgan fingerprint density at radius 3 is 2.58 bits per heavy atom. The van der Waals surface area contributed by atoms with E-state index in [1.165, 1.54) is 36.4 Å². The molecule has 2 aromatic rings. The van der Waals surface area contributed by atoms with Crippen LogP contribution in [0.25, 0.3) is 0 Å². The van der Waals surface area contributed by atoms with Crippen LogP contribution in [0.2, 0.25) is 5.02 Å². The molecule has 1 unspecified atom stereocenters. The molecule has 1 atom stereocenters. The molecule has 0 aromatic heterocycles. The van der Waals surface area contributed by atoms with Crippen molar-refractivity contribution in [3.8, 4) is 0 Å². The number of carbonyl (C=O) groups excluding carboxylic acids is 3. The van der Waals surface area contributed by atoms with Gasteiger partial charge in [-0.15, -0.1) is 0 Å². The van der Waals surface area contributed by atoms with Gasteiger partial charge < -0.3 is 10.6 Å². The molecule has 1 heterocycles. The lowest BCUT2D eigenvalue weighted by molar-refractivity contribution is -0.130. The Morgan fingerprint density at radius 2 is 1.92 bits per heavy atom. The van der Waals surface area contributed by atoms with Gasteiger partial charge in [0.05, 0.1) is 5.69 Å². The number of aryl methyl sites for hydroxylation is 1. The van der Waals surface area contributed by atoms with E-state index in [0.29, 0.717) is 16.3 Å². The van der Waals surface area contributed by atoms with Crippen molar-refractivity contribution in [2.75, 3.05) is 16.8 Å². The molecule has 1 saturated heterocycles.